The number of carbonyl (C=O) groups is 4. The maximum absolute atomic E-state index is 14.5. The van der Waals surface area contributed by atoms with Gasteiger partial charge in [0.25, 0.3) is 0 Å². The summed E-state index contributed by atoms with van der Waals surface area (Å²) in [5.74, 6) is 0.157. The number of hydrogen-bond donors (Lipinski definition) is 2. The van der Waals surface area contributed by atoms with Crippen LogP contribution in [0.2, 0.25) is 0 Å². The number of para-hydroxylation sites is 1. The predicted molar refractivity (Wildman–Crippen MR) is 192 cm³/mol. The maximum atomic E-state index is 14.5. The van der Waals surface area contributed by atoms with Gasteiger partial charge in [-0.25, -0.2) is 4.98 Å². The van der Waals surface area contributed by atoms with Crippen LogP contribution in [0.3, 0.4) is 0 Å². The zero-order valence-corrected chi connectivity index (χ0v) is 30.7. The quantitative estimate of drug-likeness (QED) is 0.446. The number of aromatic nitrogens is 1. The van der Waals surface area contributed by atoms with Crippen LogP contribution in [0.1, 0.15) is 78.4 Å². The number of nitrogens with one attached hydrogen (secondary N) is 1. The van der Waals surface area contributed by atoms with Crippen molar-refractivity contribution in [3.05, 3.63) is 45.4 Å². The number of phenolic OH excluding ortho intramolecular Hbond substituents is 1. The molecule has 13 heteroatoms. The third-order valence-corrected chi connectivity index (χ3v) is 13.2. The number of aromatic hydroxyl groups is 1. The number of piperidine rings is 2. The minimum atomic E-state index is -0.596. The molecule has 276 valence electrons. The van der Waals surface area contributed by atoms with Crippen molar-refractivity contribution >= 4 is 35.0 Å². The Morgan fingerprint density at radius 3 is 2.59 bits per heavy atom. The van der Waals surface area contributed by atoms with E-state index in [1.807, 2.05) is 33.8 Å². The van der Waals surface area contributed by atoms with Crippen LogP contribution >= 0.6 is 11.3 Å². The van der Waals surface area contributed by atoms with Gasteiger partial charge in [0.05, 0.1) is 29.8 Å². The molecule has 12 nitrogen and oxygen atoms in total. The smallest absolute Gasteiger partial charge is 0.245 e. The lowest BCUT2D eigenvalue weighted by atomic mass is 9.80. The maximum Gasteiger partial charge on any atom is 0.245 e. The van der Waals surface area contributed by atoms with Crippen molar-refractivity contribution in [2.24, 2.45) is 11.8 Å². The standard InChI is InChI=1S/C38H52N6O6S/c1-24-31-19-34(46)42-15-11-26(16-35(47)43-12-5-7-30(43)23-50-2)28(21-42)17-36(48)44-22-29(39-20-27-6-3-4-8-33(27)45)18-32(44)38(49)41-13-9-25(10-14-41)37(40-31)51-24/h3-4,6,8,25-26,28-30,32,39,45H,5,7,9-23H2,1-2H3/t26-,28-,29-,30+,32-/m0/s1. The number of benzene rings is 1. The molecular weight excluding hydrogens is 669 g/mol. The number of aryl methyl sites for hydroxylation is 1. The summed E-state index contributed by atoms with van der Waals surface area (Å²) in [5, 5.41) is 14.9. The van der Waals surface area contributed by atoms with E-state index < -0.39 is 6.04 Å². The fourth-order valence-electron chi connectivity index (χ4n) is 9.03. The van der Waals surface area contributed by atoms with E-state index in [2.05, 4.69) is 5.32 Å². The second kappa shape index (κ2) is 15.6. The zero-order chi connectivity index (χ0) is 35.6. The van der Waals surface area contributed by atoms with E-state index in [0.29, 0.717) is 71.7 Å². The Kier molecular flexibility index (Phi) is 11.0. The number of methoxy groups -OCH3 is 1. The summed E-state index contributed by atoms with van der Waals surface area (Å²) in [6.07, 6.45) is 5.33. The van der Waals surface area contributed by atoms with E-state index in [0.717, 1.165) is 46.8 Å². The van der Waals surface area contributed by atoms with Crippen LogP contribution in [0, 0.1) is 18.8 Å². The van der Waals surface area contributed by atoms with Crippen molar-refractivity contribution < 1.29 is 29.0 Å². The van der Waals surface area contributed by atoms with Crippen molar-refractivity contribution in [1.82, 2.24) is 29.9 Å². The number of amides is 4. The molecule has 0 unspecified atom stereocenters. The molecule has 0 radical (unpaired) electrons. The summed E-state index contributed by atoms with van der Waals surface area (Å²) in [6, 6.07) is 6.54. The molecule has 7 heterocycles. The van der Waals surface area contributed by atoms with E-state index in [-0.39, 0.29) is 72.1 Å². The lowest BCUT2D eigenvalue weighted by molar-refractivity contribution is -0.146. The molecule has 8 rings (SSSR count). The first-order chi connectivity index (χ1) is 24.7. The van der Waals surface area contributed by atoms with E-state index in [1.54, 1.807) is 35.5 Å². The largest absolute Gasteiger partial charge is 0.508 e. The SMILES string of the molecule is COC[C@H]1CCCN1C(=O)C[C@@H]1CCN2C[C@@H]1CC(=O)N1C[C@@H](NCc3ccccc3O)C[C@H]1C(=O)N1CCC(CC1)c1nc(c(C)s1)CC2=O. The van der Waals surface area contributed by atoms with Gasteiger partial charge < -0.3 is 34.8 Å². The van der Waals surface area contributed by atoms with Gasteiger partial charge in [-0.15, -0.1) is 11.3 Å². The highest BCUT2D eigenvalue weighted by Gasteiger charge is 2.44. The highest BCUT2D eigenvalue weighted by Crippen LogP contribution is 2.36. The molecule has 4 saturated heterocycles. The number of nitrogens with zero attached hydrogens (tertiary/aromatic N) is 5. The Morgan fingerprint density at radius 2 is 1.80 bits per heavy atom. The van der Waals surface area contributed by atoms with Gasteiger partial charge in [-0.05, 0) is 63.4 Å². The Morgan fingerprint density at radius 1 is 1.02 bits per heavy atom. The van der Waals surface area contributed by atoms with Crippen LogP contribution in [0.15, 0.2) is 24.3 Å². The van der Waals surface area contributed by atoms with Gasteiger partial charge in [0.2, 0.25) is 23.6 Å². The predicted octanol–water partition coefficient (Wildman–Crippen LogP) is 3.06. The van der Waals surface area contributed by atoms with Gasteiger partial charge in [-0.3, -0.25) is 19.2 Å². The van der Waals surface area contributed by atoms with Gasteiger partial charge >= 0.3 is 0 Å². The molecule has 5 atom stereocenters. The van der Waals surface area contributed by atoms with Crippen LogP contribution in [0.4, 0.5) is 0 Å². The molecule has 4 fully saturated rings. The first-order valence-electron chi connectivity index (χ1n) is 18.8. The lowest BCUT2D eigenvalue weighted by Crippen LogP contribution is -2.51. The molecule has 4 amide bonds. The minimum Gasteiger partial charge on any atom is -0.508 e. The molecule has 2 N–H and O–H groups in total. The van der Waals surface area contributed by atoms with Gasteiger partial charge in [-0.2, -0.15) is 0 Å². The Hall–Kier alpha value is -3.55. The van der Waals surface area contributed by atoms with Crippen molar-refractivity contribution in [3.8, 4) is 5.75 Å². The summed E-state index contributed by atoms with van der Waals surface area (Å²) < 4.78 is 5.41. The summed E-state index contributed by atoms with van der Waals surface area (Å²) >= 11 is 1.67. The Bertz CT molecular complexity index is 1610. The second-order valence-electron chi connectivity index (χ2n) is 15.2. The fourth-order valence-corrected chi connectivity index (χ4v) is 10.1. The monoisotopic (exact) mass is 720 g/mol. The number of ether oxygens (including phenoxy) is 1. The van der Waals surface area contributed by atoms with Gasteiger partial charge in [0.1, 0.15) is 11.8 Å². The molecule has 1 aromatic heterocycles. The number of fused-ring (bicyclic) bond motifs is 4. The van der Waals surface area contributed by atoms with E-state index >= 15 is 0 Å². The second-order valence-corrected chi connectivity index (χ2v) is 16.5. The summed E-state index contributed by atoms with van der Waals surface area (Å²) in [4.78, 5) is 69.9. The number of carbonyl (C=O) groups excluding carboxylic acids is 4. The van der Waals surface area contributed by atoms with Crippen molar-refractivity contribution in [2.75, 3.05) is 53.0 Å². The van der Waals surface area contributed by atoms with E-state index in [4.69, 9.17) is 9.72 Å². The number of rotatable bonds is 7. The molecular formula is C38H52N6O6S. The molecule has 6 aliphatic rings. The summed E-state index contributed by atoms with van der Waals surface area (Å²) in [5.41, 5.74) is 1.59. The average Bonchev–Trinajstić information content (AvgIpc) is 3.87. The molecule has 2 aromatic rings. The molecule has 0 aliphatic carbocycles. The van der Waals surface area contributed by atoms with Gasteiger partial charge in [0.15, 0.2) is 0 Å². The van der Waals surface area contributed by atoms with Gasteiger partial charge in [-0.1, -0.05) is 18.2 Å². The topological polar surface area (TPSA) is 136 Å². The summed E-state index contributed by atoms with van der Waals surface area (Å²) in [7, 11) is 1.66. The Balaban J connectivity index is 1.15. The molecule has 0 saturated carbocycles. The van der Waals surface area contributed by atoms with E-state index in [1.165, 1.54) is 0 Å². The van der Waals surface area contributed by atoms with Crippen molar-refractivity contribution in [2.45, 2.75) is 95.3 Å². The number of hydrogen-bond acceptors (Lipinski definition) is 9. The zero-order valence-electron chi connectivity index (χ0n) is 29.9. The van der Waals surface area contributed by atoms with Crippen molar-refractivity contribution in [3.63, 3.8) is 0 Å². The highest BCUT2D eigenvalue weighted by molar-refractivity contribution is 7.11. The van der Waals surface area contributed by atoms with Crippen LogP contribution < -0.4 is 5.32 Å². The number of phenols is 1. The first kappa shape index (κ1) is 35.8. The highest BCUT2D eigenvalue weighted by atomic mass is 32.1. The molecule has 6 aliphatic heterocycles. The van der Waals surface area contributed by atoms with Crippen LogP contribution in [-0.2, 0) is 36.9 Å². The third-order valence-electron chi connectivity index (χ3n) is 12.0. The van der Waals surface area contributed by atoms with Crippen LogP contribution in [-0.4, -0.2) is 124 Å². The Labute approximate surface area is 304 Å². The molecule has 0 spiro atoms. The molecule has 1 aromatic carbocycles. The third kappa shape index (κ3) is 7.80. The minimum absolute atomic E-state index is 0.0127. The summed E-state index contributed by atoms with van der Waals surface area (Å²) in [6.45, 7) is 6.21. The fraction of sp³-hybridized carbons (Fsp3) is 0.658. The lowest BCUT2D eigenvalue weighted by Gasteiger charge is -2.40. The average molecular weight is 721 g/mol. The van der Waals surface area contributed by atoms with Gasteiger partial charge in [0, 0.05) is 88.2 Å². The van der Waals surface area contributed by atoms with Crippen LogP contribution in [0.5, 0.6) is 5.75 Å². The number of thiazole rings is 1. The normalized spacial score (nSPS) is 28.8. The first-order valence-corrected chi connectivity index (χ1v) is 19.6. The van der Waals surface area contributed by atoms with E-state index in [9.17, 15) is 24.3 Å². The molecule has 6 bridgehead atoms. The van der Waals surface area contributed by atoms with Crippen molar-refractivity contribution in [1.29, 1.82) is 0 Å². The molecule has 51 heavy (non-hydrogen) atoms. The van der Waals surface area contributed by atoms with Crippen LogP contribution in [0.25, 0.3) is 0 Å². The number of likely N-dealkylation sites (tertiary alicyclic amines) is 1.